The number of pyridine rings is 1. The van der Waals surface area contributed by atoms with Gasteiger partial charge in [-0.1, -0.05) is 6.07 Å². The highest BCUT2D eigenvalue weighted by Crippen LogP contribution is 2.32. The van der Waals surface area contributed by atoms with Gasteiger partial charge in [-0.2, -0.15) is 0 Å². The van der Waals surface area contributed by atoms with Gasteiger partial charge in [-0.3, -0.25) is 14.6 Å². The molecular formula is C32H43F2N9O. The van der Waals surface area contributed by atoms with Crippen molar-refractivity contribution in [2.45, 2.75) is 44.7 Å². The second-order valence-electron chi connectivity index (χ2n) is 12.3. The van der Waals surface area contributed by atoms with Crippen molar-refractivity contribution in [3.05, 3.63) is 53.9 Å². The maximum absolute atomic E-state index is 14.0. The normalized spacial score (nSPS) is 20.7. The van der Waals surface area contributed by atoms with Crippen LogP contribution in [0, 0.1) is 0 Å². The van der Waals surface area contributed by atoms with E-state index in [0.29, 0.717) is 17.6 Å². The highest BCUT2D eigenvalue weighted by Gasteiger charge is 2.37. The number of rotatable bonds is 8. The van der Waals surface area contributed by atoms with Crippen molar-refractivity contribution in [1.29, 1.82) is 0 Å². The number of nitrogens with zero attached hydrogens (tertiary/aromatic N) is 7. The van der Waals surface area contributed by atoms with Crippen molar-refractivity contribution in [1.82, 2.24) is 35.4 Å². The number of likely N-dealkylation sites (tertiary alicyclic amines) is 1. The summed E-state index contributed by atoms with van der Waals surface area (Å²) in [6.07, 6.45) is 3.14. The van der Waals surface area contributed by atoms with Crippen molar-refractivity contribution in [3.8, 4) is 0 Å². The number of piperazine rings is 2. The minimum Gasteiger partial charge on any atom is -0.354 e. The van der Waals surface area contributed by atoms with Gasteiger partial charge in [0.05, 0.1) is 11.6 Å². The van der Waals surface area contributed by atoms with Crippen LogP contribution in [-0.4, -0.2) is 115 Å². The number of nitrogens with one attached hydrogen (secondary N) is 2. The van der Waals surface area contributed by atoms with Crippen LogP contribution in [0.15, 0.2) is 42.7 Å². The molecule has 0 bridgehead atoms. The van der Waals surface area contributed by atoms with E-state index in [9.17, 15) is 13.6 Å². The Morgan fingerprint density at radius 3 is 2.30 bits per heavy atom. The van der Waals surface area contributed by atoms with E-state index in [1.54, 1.807) is 12.4 Å². The van der Waals surface area contributed by atoms with Gasteiger partial charge in [-0.05, 0) is 38.1 Å². The second-order valence-corrected chi connectivity index (χ2v) is 12.3. The average Bonchev–Trinajstić information content (AvgIpc) is 3.05. The number of alkyl halides is 2. The summed E-state index contributed by atoms with van der Waals surface area (Å²) in [5, 5.41) is 7.20. The number of carbonyl (C=O) groups is 1. The molecule has 1 aromatic carbocycles. The van der Waals surface area contributed by atoms with Crippen LogP contribution in [0.4, 0.5) is 20.5 Å². The SMILES string of the molecule is CC(C)N1CCN(c2ccc3c(C(=O)NCC(c4cnc(N5CCNCC5)nc4)N4CCC(F)(F)CC4)cccc3n2)CC1. The summed E-state index contributed by atoms with van der Waals surface area (Å²) in [5.41, 5.74) is 2.12. The molecule has 3 aliphatic rings. The Kier molecular flexibility index (Phi) is 9.20. The minimum atomic E-state index is -2.66. The smallest absolute Gasteiger partial charge is 0.252 e. The van der Waals surface area contributed by atoms with E-state index in [4.69, 9.17) is 4.98 Å². The van der Waals surface area contributed by atoms with Gasteiger partial charge < -0.3 is 20.4 Å². The molecule has 2 aromatic heterocycles. The standard InChI is InChI=1S/C32H43F2N9O/c1-23(2)40-16-18-42(19-17-40)29-7-6-25-26(4-3-5-27(25)39-29)30(44)36-22-28(41-12-8-32(33,34)9-13-41)24-20-37-31(38-21-24)43-14-10-35-11-15-43/h3-7,20-21,23,28,35H,8-19,22H2,1-2H3,(H,36,44). The topological polar surface area (TPSA) is 92.8 Å². The van der Waals surface area contributed by atoms with Gasteiger partial charge in [0.1, 0.15) is 5.82 Å². The van der Waals surface area contributed by atoms with E-state index < -0.39 is 5.92 Å². The fourth-order valence-electron chi connectivity index (χ4n) is 6.42. The van der Waals surface area contributed by atoms with Crippen LogP contribution in [-0.2, 0) is 0 Å². The Morgan fingerprint density at radius 1 is 0.909 bits per heavy atom. The average molecular weight is 608 g/mol. The predicted octanol–water partition coefficient (Wildman–Crippen LogP) is 3.17. The Bertz CT molecular complexity index is 1410. The Labute approximate surface area is 257 Å². The first-order chi connectivity index (χ1) is 21.3. The van der Waals surface area contributed by atoms with Crippen molar-refractivity contribution >= 4 is 28.6 Å². The maximum Gasteiger partial charge on any atom is 0.252 e. The first-order valence-corrected chi connectivity index (χ1v) is 15.8. The number of carbonyl (C=O) groups excluding carboxylic acids is 1. The molecule has 10 nitrogen and oxygen atoms in total. The van der Waals surface area contributed by atoms with Crippen LogP contribution in [0.25, 0.3) is 10.9 Å². The Balaban J connectivity index is 1.17. The lowest BCUT2D eigenvalue weighted by Gasteiger charge is -2.37. The molecule has 0 spiro atoms. The number of benzene rings is 1. The van der Waals surface area contributed by atoms with Crippen LogP contribution in [0.5, 0.6) is 0 Å². The molecule has 1 atom stereocenters. The van der Waals surface area contributed by atoms with Crippen LogP contribution in [0.1, 0.15) is 48.7 Å². The monoisotopic (exact) mass is 607 g/mol. The summed E-state index contributed by atoms with van der Waals surface area (Å²) in [4.78, 5) is 36.6. The molecule has 1 amide bonds. The van der Waals surface area contributed by atoms with Crippen molar-refractivity contribution < 1.29 is 13.6 Å². The molecular weight excluding hydrogens is 564 g/mol. The molecule has 236 valence electrons. The summed E-state index contributed by atoms with van der Waals surface area (Å²) < 4.78 is 28.1. The van der Waals surface area contributed by atoms with E-state index in [1.165, 1.54) is 0 Å². The number of anilines is 2. The molecule has 0 radical (unpaired) electrons. The van der Waals surface area contributed by atoms with Gasteiger partial charge in [-0.25, -0.2) is 23.7 Å². The number of hydrogen-bond acceptors (Lipinski definition) is 9. The zero-order chi connectivity index (χ0) is 30.7. The van der Waals surface area contributed by atoms with E-state index in [1.807, 2.05) is 35.2 Å². The third kappa shape index (κ3) is 6.92. The lowest BCUT2D eigenvalue weighted by Crippen LogP contribution is -2.49. The molecule has 0 saturated carbocycles. The van der Waals surface area contributed by atoms with E-state index in [0.717, 1.165) is 74.6 Å². The number of fused-ring (bicyclic) bond motifs is 1. The Hall–Kier alpha value is -3.48. The maximum atomic E-state index is 14.0. The predicted molar refractivity (Wildman–Crippen MR) is 169 cm³/mol. The highest BCUT2D eigenvalue weighted by molar-refractivity contribution is 6.06. The molecule has 2 N–H and O–H groups in total. The van der Waals surface area contributed by atoms with Gasteiger partial charge in [-0.15, -0.1) is 0 Å². The van der Waals surface area contributed by atoms with Crippen LogP contribution in [0.2, 0.25) is 0 Å². The molecule has 3 fully saturated rings. The van der Waals surface area contributed by atoms with Crippen LogP contribution in [0.3, 0.4) is 0 Å². The van der Waals surface area contributed by atoms with E-state index in [-0.39, 0.29) is 44.4 Å². The molecule has 3 aromatic rings. The zero-order valence-corrected chi connectivity index (χ0v) is 25.7. The first kappa shape index (κ1) is 30.5. The summed E-state index contributed by atoms with van der Waals surface area (Å²) >= 11 is 0. The quantitative estimate of drug-likeness (QED) is 0.401. The second kappa shape index (κ2) is 13.3. The number of piperidine rings is 1. The summed E-state index contributed by atoms with van der Waals surface area (Å²) in [7, 11) is 0. The van der Waals surface area contributed by atoms with Gasteiger partial charge in [0, 0.05) is 120 Å². The number of aromatic nitrogens is 3. The molecule has 3 saturated heterocycles. The summed E-state index contributed by atoms with van der Waals surface area (Å²) in [5.74, 6) is -1.30. The highest BCUT2D eigenvalue weighted by atomic mass is 19.3. The van der Waals surface area contributed by atoms with E-state index >= 15 is 0 Å². The summed E-state index contributed by atoms with van der Waals surface area (Å²) in [6.45, 7) is 12.4. The number of hydrogen-bond donors (Lipinski definition) is 2. The fraction of sp³-hybridized carbons (Fsp3) is 0.562. The van der Waals surface area contributed by atoms with Crippen molar-refractivity contribution in [2.24, 2.45) is 0 Å². The molecule has 5 heterocycles. The summed E-state index contributed by atoms with van der Waals surface area (Å²) in [6, 6.07) is 9.79. The third-order valence-corrected chi connectivity index (χ3v) is 9.20. The number of amides is 1. The fourth-order valence-corrected chi connectivity index (χ4v) is 6.42. The van der Waals surface area contributed by atoms with Gasteiger partial charge >= 0.3 is 0 Å². The van der Waals surface area contributed by atoms with Gasteiger partial charge in [0.25, 0.3) is 11.8 Å². The lowest BCUT2D eigenvalue weighted by atomic mass is 10.0. The molecule has 3 aliphatic heterocycles. The largest absolute Gasteiger partial charge is 0.354 e. The molecule has 1 unspecified atom stereocenters. The molecule has 12 heteroatoms. The minimum absolute atomic E-state index is 0.207. The van der Waals surface area contributed by atoms with Gasteiger partial charge in [0.15, 0.2) is 0 Å². The van der Waals surface area contributed by atoms with Crippen LogP contribution < -0.4 is 20.4 Å². The van der Waals surface area contributed by atoms with Crippen LogP contribution >= 0.6 is 0 Å². The Morgan fingerprint density at radius 2 is 1.61 bits per heavy atom. The van der Waals surface area contributed by atoms with Crippen molar-refractivity contribution in [3.63, 3.8) is 0 Å². The molecule has 44 heavy (non-hydrogen) atoms. The molecule has 6 rings (SSSR count). The lowest BCUT2D eigenvalue weighted by molar-refractivity contribution is -0.0632. The van der Waals surface area contributed by atoms with Crippen molar-refractivity contribution in [2.75, 3.05) is 81.8 Å². The van der Waals surface area contributed by atoms with E-state index in [2.05, 4.69) is 49.1 Å². The van der Waals surface area contributed by atoms with Gasteiger partial charge in [0.2, 0.25) is 5.95 Å². The first-order valence-electron chi connectivity index (χ1n) is 15.8. The zero-order valence-electron chi connectivity index (χ0n) is 25.7. The third-order valence-electron chi connectivity index (χ3n) is 9.20. The molecule has 0 aliphatic carbocycles. The number of halogens is 2.